The van der Waals surface area contributed by atoms with Gasteiger partial charge in [-0.15, -0.1) is 0 Å². The van der Waals surface area contributed by atoms with Crippen molar-refractivity contribution in [3.8, 4) is 0 Å². The molecule has 0 bridgehead atoms. The maximum Gasteiger partial charge on any atom is 0.314 e. The Balaban J connectivity index is 2.55. The summed E-state index contributed by atoms with van der Waals surface area (Å²) in [5, 5.41) is 9.56. The van der Waals surface area contributed by atoms with E-state index in [9.17, 15) is 14.3 Å². The summed E-state index contributed by atoms with van der Waals surface area (Å²) in [5.74, 6) is -1.72. The van der Waals surface area contributed by atoms with Crippen molar-refractivity contribution in [1.82, 2.24) is 4.98 Å². The Labute approximate surface area is 97.3 Å². The summed E-state index contributed by atoms with van der Waals surface area (Å²) in [6.45, 7) is 0. The average Bonchev–Trinajstić information content (AvgIpc) is 2.71. The molecule has 16 heavy (non-hydrogen) atoms. The number of hydrogen-bond donors (Lipinski definition) is 1. The molecule has 1 aliphatic carbocycles. The molecule has 0 aliphatic heterocycles. The number of hydrogen-bond acceptors (Lipinski definition) is 2. The minimum atomic E-state index is -1.14. The molecule has 1 saturated carbocycles. The SMILES string of the molecule is O=C(O)C1(c2cc(Cl)cnc2F)CCCC1. The lowest BCUT2D eigenvalue weighted by Gasteiger charge is -2.24. The van der Waals surface area contributed by atoms with Crippen LogP contribution in [0.1, 0.15) is 31.2 Å². The molecule has 1 heterocycles. The van der Waals surface area contributed by atoms with Gasteiger partial charge in [0.05, 0.1) is 10.4 Å². The maximum atomic E-state index is 13.6. The zero-order valence-corrected chi connectivity index (χ0v) is 9.30. The van der Waals surface area contributed by atoms with Gasteiger partial charge in [-0.2, -0.15) is 4.39 Å². The quantitative estimate of drug-likeness (QED) is 0.813. The van der Waals surface area contributed by atoms with E-state index in [1.54, 1.807) is 0 Å². The molecule has 1 N–H and O–H groups in total. The van der Waals surface area contributed by atoms with Gasteiger partial charge in [0, 0.05) is 11.8 Å². The van der Waals surface area contributed by atoms with Gasteiger partial charge in [-0.25, -0.2) is 4.98 Å². The van der Waals surface area contributed by atoms with E-state index in [0.717, 1.165) is 12.8 Å². The third kappa shape index (κ3) is 1.67. The Hall–Kier alpha value is -1.16. The summed E-state index contributed by atoms with van der Waals surface area (Å²) in [4.78, 5) is 14.8. The van der Waals surface area contributed by atoms with Gasteiger partial charge in [0.1, 0.15) is 0 Å². The zero-order valence-electron chi connectivity index (χ0n) is 8.54. The van der Waals surface area contributed by atoms with Crippen LogP contribution in [-0.2, 0) is 10.2 Å². The van der Waals surface area contributed by atoms with Gasteiger partial charge in [-0.3, -0.25) is 4.79 Å². The van der Waals surface area contributed by atoms with E-state index < -0.39 is 17.3 Å². The van der Waals surface area contributed by atoms with Crippen molar-refractivity contribution in [2.45, 2.75) is 31.1 Å². The second-order valence-electron chi connectivity index (χ2n) is 4.09. The molecule has 1 aromatic rings. The number of carbonyl (C=O) groups is 1. The summed E-state index contributed by atoms with van der Waals surface area (Å²) in [7, 11) is 0. The first kappa shape index (κ1) is 11.3. The lowest BCUT2D eigenvalue weighted by atomic mass is 9.79. The number of pyridine rings is 1. The first-order valence-corrected chi connectivity index (χ1v) is 5.49. The molecule has 3 nitrogen and oxygen atoms in total. The van der Waals surface area contributed by atoms with Crippen molar-refractivity contribution in [2.75, 3.05) is 0 Å². The molecule has 86 valence electrons. The van der Waals surface area contributed by atoms with Crippen molar-refractivity contribution >= 4 is 17.6 Å². The fourth-order valence-corrected chi connectivity index (χ4v) is 2.49. The Morgan fingerprint density at radius 1 is 1.50 bits per heavy atom. The Morgan fingerprint density at radius 2 is 2.12 bits per heavy atom. The fourth-order valence-electron chi connectivity index (χ4n) is 2.34. The predicted molar refractivity (Wildman–Crippen MR) is 57.0 cm³/mol. The van der Waals surface area contributed by atoms with Crippen molar-refractivity contribution in [1.29, 1.82) is 0 Å². The topological polar surface area (TPSA) is 50.2 Å². The molecule has 0 radical (unpaired) electrons. The molecule has 2 rings (SSSR count). The molecule has 0 spiro atoms. The third-order valence-corrected chi connectivity index (χ3v) is 3.39. The number of aliphatic carboxylic acids is 1. The number of nitrogens with zero attached hydrogens (tertiary/aromatic N) is 1. The van der Waals surface area contributed by atoms with Gasteiger partial charge in [0.15, 0.2) is 0 Å². The highest BCUT2D eigenvalue weighted by Gasteiger charge is 2.45. The van der Waals surface area contributed by atoms with Crippen LogP contribution >= 0.6 is 11.6 Å². The zero-order chi connectivity index (χ0) is 11.8. The van der Waals surface area contributed by atoms with Crippen LogP contribution in [0, 0.1) is 5.95 Å². The van der Waals surface area contributed by atoms with Crippen LogP contribution in [0.2, 0.25) is 5.02 Å². The molecule has 1 aromatic heterocycles. The van der Waals surface area contributed by atoms with Gasteiger partial charge in [-0.1, -0.05) is 24.4 Å². The molecule has 0 amide bonds. The molecule has 0 atom stereocenters. The smallest absolute Gasteiger partial charge is 0.314 e. The summed E-state index contributed by atoms with van der Waals surface area (Å²) in [5.41, 5.74) is -1.02. The highest BCUT2D eigenvalue weighted by atomic mass is 35.5. The Kier molecular flexibility index (Phi) is 2.84. The van der Waals surface area contributed by atoms with E-state index in [-0.39, 0.29) is 10.6 Å². The van der Waals surface area contributed by atoms with E-state index in [1.165, 1.54) is 12.3 Å². The summed E-state index contributed by atoms with van der Waals surface area (Å²) in [6.07, 6.45) is 3.66. The van der Waals surface area contributed by atoms with Crippen LogP contribution in [0.4, 0.5) is 4.39 Å². The van der Waals surface area contributed by atoms with E-state index in [4.69, 9.17) is 11.6 Å². The molecule has 1 aliphatic rings. The van der Waals surface area contributed by atoms with Gasteiger partial charge < -0.3 is 5.11 Å². The van der Waals surface area contributed by atoms with Crippen molar-refractivity contribution in [3.05, 3.63) is 28.8 Å². The Bertz CT molecular complexity index is 430. The molecular weight excluding hydrogens is 233 g/mol. The second-order valence-corrected chi connectivity index (χ2v) is 4.52. The van der Waals surface area contributed by atoms with E-state index in [2.05, 4.69) is 4.98 Å². The van der Waals surface area contributed by atoms with Gasteiger partial charge >= 0.3 is 5.97 Å². The van der Waals surface area contributed by atoms with Gasteiger partial charge in [0.2, 0.25) is 5.95 Å². The van der Waals surface area contributed by atoms with E-state index in [1.807, 2.05) is 0 Å². The van der Waals surface area contributed by atoms with Crippen molar-refractivity contribution < 1.29 is 14.3 Å². The number of carboxylic acids is 1. The first-order chi connectivity index (χ1) is 7.56. The molecule has 0 unspecified atom stereocenters. The van der Waals surface area contributed by atoms with Crippen LogP contribution < -0.4 is 0 Å². The standard InChI is InChI=1S/C11H11ClFNO2/c12-7-5-8(9(13)14-6-7)11(10(15)16)3-1-2-4-11/h5-6H,1-4H2,(H,15,16). The third-order valence-electron chi connectivity index (χ3n) is 3.19. The largest absolute Gasteiger partial charge is 0.481 e. The minimum absolute atomic E-state index is 0.116. The summed E-state index contributed by atoms with van der Waals surface area (Å²) < 4.78 is 13.6. The maximum absolute atomic E-state index is 13.6. The first-order valence-electron chi connectivity index (χ1n) is 5.11. The highest BCUT2D eigenvalue weighted by molar-refractivity contribution is 6.30. The monoisotopic (exact) mass is 243 g/mol. The van der Waals surface area contributed by atoms with Crippen LogP contribution in [0.5, 0.6) is 0 Å². The summed E-state index contributed by atoms with van der Waals surface area (Å²) >= 11 is 5.74. The van der Waals surface area contributed by atoms with Crippen LogP contribution in [-0.4, -0.2) is 16.1 Å². The molecular formula is C11H11ClFNO2. The highest BCUT2D eigenvalue weighted by Crippen LogP contribution is 2.42. The number of carboxylic acid groups (broad SMARTS) is 1. The lowest BCUT2D eigenvalue weighted by molar-refractivity contribution is -0.143. The van der Waals surface area contributed by atoms with E-state index >= 15 is 0 Å². The molecule has 5 heteroatoms. The molecule has 1 fully saturated rings. The van der Waals surface area contributed by atoms with Crippen LogP contribution in [0.15, 0.2) is 12.3 Å². The van der Waals surface area contributed by atoms with Gasteiger partial charge in [-0.05, 0) is 18.9 Å². The average molecular weight is 244 g/mol. The molecule has 0 saturated heterocycles. The lowest BCUT2D eigenvalue weighted by Crippen LogP contribution is -2.33. The predicted octanol–water partition coefficient (Wildman–Crippen LogP) is 2.77. The fraction of sp³-hybridized carbons (Fsp3) is 0.455. The van der Waals surface area contributed by atoms with Crippen molar-refractivity contribution in [2.24, 2.45) is 0 Å². The van der Waals surface area contributed by atoms with Crippen molar-refractivity contribution in [3.63, 3.8) is 0 Å². The van der Waals surface area contributed by atoms with Gasteiger partial charge in [0.25, 0.3) is 0 Å². The normalized spacial score (nSPS) is 18.6. The van der Waals surface area contributed by atoms with Crippen LogP contribution in [0.25, 0.3) is 0 Å². The number of halogens is 2. The number of rotatable bonds is 2. The second kappa shape index (κ2) is 4.01. The Morgan fingerprint density at radius 3 is 2.69 bits per heavy atom. The molecule has 0 aromatic carbocycles. The minimum Gasteiger partial charge on any atom is -0.481 e. The van der Waals surface area contributed by atoms with Crippen LogP contribution in [0.3, 0.4) is 0 Å². The van der Waals surface area contributed by atoms with E-state index in [0.29, 0.717) is 12.8 Å². The number of aromatic nitrogens is 1. The summed E-state index contributed by atoms with van der Waals surface area (Å²) in [6, 6.07) is 1.38.